The molecule has 1 aromatic carbocycles. The van der Waals surface area contributed by atoms with Crippen LogP contribution in [0.3, 0.4) is 0 Å². The predicted octanol–water partition coefficient (Wildman–Crippen LogP) is 6.51. The number of rotatable bonds is 8. The van der Waals surface area contributed by atoms with E-state index in [2.05, 4.69) is 26.6 Å². The second-order valence-electron chi connectivity index (χ2n) is 10.2. The van der Waals surface area contributed by atoms with Gasteiger partial charge in [-0.25, -0.2) is 9.37 Å². The molecule has 0 aliphatic carbocycles. The highest BCUT2D eigenvalue weighted by molar-refractivity contribution is 7.10. The smallest absolute Gasteiger partial charge is 0.376 e. The number of hydrogen-bond acceptors (Lipinski definition) is 7. The van der Waals surface area contributed by atoms with Crippen LogP contribution < -0.4 is 5.32 Å². The lowest BCUT2D eigenvalue weighted by molar-refractivity contribution is -0.159. The molecule has 3 heterocycles. The molecule has 40 heavy (non-hydrogen) atoms. The molecule has 212 valence electrons. The Morgan fingerprint density at radius 3 is 2.60 bits per heavy atom. The molecule has 1 aliphatic heterocycles. The zero-order chi connectivity index (χ0) is 29.1. The van der Waals surface area contributed by atoms with Crippen molar-refractivity contribution < 1.29 is 31.6 Å². The Bertz CT molecular complexity index is 1440. The number of aromatic nitrogens is 3. The third kappa shape index (κ3) is 6.92. The van der Waals surface area contributed by atoms with E-state index >= 15 is 0 Å². The van der Waals surface area contributed by atoms with Gasteiger partial charge in [0.1, 0.15) is 10.8 Å². The van der Waals surface area contributed by atoms with Gasteiger partial charge in [-0.1, -0.05) is 30.0 Å². The van der Waals surface area contributed by atoms with Gasteiger partial charge in [0, 0.05) is 35.1 Å². The lowest BCUT2D eigenvalue weighted by Gasteiger charge is -2.43. The van der Waals surface area contributed by atoms with E-state index in [4.69, 9.17) is 9.72 Å². The zero-order valence-electron chi connectivity index (χ0n) is 22.1. The van der Waals surface area contributed by atoms with Crippen molar-refractivity contribution in [3.05, 3.63) is 82.6 Å². The molecule has 0 bridgehead atoms. The summed E-state index contributed by atoms with van der Waals surface area (Å²) in [5.74, 6) is -2.37. The zero-order valence-corrected chi connectivity index (χ0v) is 23.0. The van der Waals surface area contributed by atoms with Crippen molar-refractivity contribution in [2.24, 2.45) is 0 Å². The monoisotopic (exact) mass is 576 g/mol. The van der Waals surface area contributed by atoms with Gasteiger partial charge in [-0.3, -0.25) is 4.79 Å². The average molecular weight is 577 g/mol. The van der Waals surface area contributed by atoms with E-state index in [0.717, 1.165) is 16.3 Å². The minimum absolute atomic E-state index is 0.153. The number of ether oxygens (including phenoxy) is 1. The maximum Gasteiger partial charge on any atom is 0.471 e. The third-order valence-corrected chi connectivity index (χ3v) is 7.57. The molecule has 0 spiro atoms. The summed E-state index contributed by atoms with van der Waals surface area (Å²) >= 11 is 1.49. The maximum absolute atomic E-state index is 13.4. The fourth-order valence-electron chi connectivity index (χ4n) is 4.48. The van der Waals surface area contributed by atoms with Crippen LogP contribution in [0.1, 0.15) is 50.3 Å². The first-order valence-electron chi connectivity index (χ1n) is 12.4. The van der Waals surface area contributed by atoms with Gasteiger partial charge in [-0.15, -0.1) is 11.3 Å². The molecule has 1 fully saturated rings. The number of nitrogens with one attached hydrogen (secondary N) is 1. The van der Waals surface area contributed by atoms with Crippen LogP contribution in [0.15, 0.2) is 64.5 Å². The van der Waals surface area contributed by atoms with Crippen molar-refractivity contribution >= 4 is 22.8 Å². The molecule has 12 heteroatoms. The first-order valence-corrected chi connectivity index (χ1v) is 13.3. The van der Waals surface area contributed by atoms with Gasteiger partial charge in [0.05, 0.1) is 11.3 Å². The number of nitrogens with zero attached hydrogens (tertiary/aromatic N) is 3. The summed E-state index contributed by atoms with van der Waals surface area (Å²) in [6, 6.07) is 6.13. The van der Waals surface area contributed by atoms with Crippen molar-refractivity contribution in [3.8, 4) is 11.3 Å². The van der Waals surface area contributed by atoms with Gasteiger partial charge in [0.25, 0.3) is 5.91 Å². The van der Waals surface area contributed by atoms with Crippen LogP contribution in [0.25, 0.3) is 16.8 Å². The molecule has 1 saturated heterocycles. The molecule has 3 aromatic rings. The summed E-state index contributed by atoms with van der Waals surface area (Å²) in [6.45, 7) is 10.1. The third-order valence-electron chi connectivity index (χ3n) is 6.48. The van der Waals surface area contributed by atoms with E-state index in [9.17, 15) is 22.4 Å². The van der Waals surface area contributed by atoms with E-state index < -0.39 is 29.0 Å². The fraction of sp³-hybridized carbons (Fsp3) is 0.357. The SMILES string of the molecule is C=C(C=CC=C(C)c1noc(C(F)(F)F)n1)C(=O)NCC1(c2nc(-c3ccc(F)cc3)cs2)CCOC(C)(C)C1. The maximum atomic E-state index is 13.4. The standard InChI is InChI=1S/C28H28F4N4O3S/c1-17(22-35-24(39-36-22)28(30,31)32)6-5-7-18(2)23(37)33-16-27(12-13-38-26(3,4)15-27)25-34-21(14-40-25)19-8-10-20(29)11-9-19/h5-11,14H,2,12-13,15-16H2,1,3-4H3,(H,33,37). The van der Waals surface area contributed by atoms with Gasteiger partial charge < -0.3 is 14.6 Å². The van der Waals surface area contributed by atoms with Crippen molar-refractivity contribution in [1.82, 2.24) is 20.4 Å². The molecule has 1 amide bonds. The highest BCUT2D eigenvalue weighted by Gasteiger charge is 2.44. The van der Waals surface area contributed by atoms with Crippen LogP contribution in [0, 0.1) is 5.82 Å². The Balaban J connectivity index is 1.45. The number of amides is 1. The van der Waals surface area contributed by atoms with E-state index in [1.807, 2.05) is 19.2 Å². The van der Waals surface area contributed by atoms with Crippen molar-refractivity contribution in [2.45, 2.75) is 50.8 Å². The highest BCUT2D eigenvalue weighted by atomic mass is 32.1. The summed E-state index contributed by atoms with van der Waals surface area (Å²) in [4.78, 5) is 21.1. The number of hydrogen-bond donors (Lipinski definition) is 1. The van der Waals surface area contributed by atoms with Gasteiger partial charge in [-0.05, 0) is 63.5 Å². The summed E-state index contributed by atoms with van der Waals surface area (Å²) in [5.41, 5.74) is 1.06. The van der Waals surface area contributed by atoms with Crippen LogP contribution in [-0.4, -0.2) is 39.8 Å². The molecule has 4 rings (SSSR count). The van der Waals surface area contributed by atoms with E-state index in [-0.39, 0.29) is 17.2 Å². The van der Waals surface area contributed by atoms with Crippen LogP contribution in [0.5, 0.6) is 0 Å². The lowest BCUT2D eigenvalue weighted by atomic mass is 9.74. The van der Waals surface area contributed by atoms with E-state index in [0.29, 0.717) is 31.6 Å². The molecular weight excluding hydrogens is 548 g/mol. The molecule has 0 saturated carbocycles. The van der Waals surface area contributed by atoms with Gasteiger partial charge in [0.15, 0.2) is 5.82 Å². The van der Waals surface area contributed by atoms with E-state index in [1.165, 1.54) is 48.6 Å². The number of benzene rings is 1. The van der Waals surface area contributed by atoms with Crippen molar-refractivity contribution in [1.29, 1.82) is 0 Å². The summed E-state index contributed by atoms with van der Waals surface area (Å²) in [6.07, 6.45) is 0.905. The van der Waals surface area contributed by atoms with E-state index in [1.54, 1.807) is 12.1 Å². The molecule has 1 N–H and O–H groups in total. The summed E-state index contributed by atoms with van der Waals surface area (Å²) in [5, 5.41) is 9.06. The number of halogens is 4. The van der Waals surface area contributed by atoms with Crippen molar-refractivity contribution in [3.63, 3.8) is 0 Å². The van der Waals surface area contributed by atoms with Crippen LogP contribution in [0.2, 0.25) is 0 Å². The topological polar surface area (TPSA) is 90.1 Å². The van der Waals surface area contributed by atoms with Crippen LogP contribution in [0.4, 0.5) is 17.6 Å². The number of carbonyl (C=O) groups is 1. The summed E-state index contributed by atoms with van der Waals surface area (Å²) < 4.78 is 61.6. The lowest BCUT2D eigenvalue weighted by Crippen LogP contribution is -2.50. The van der Waals surface area contributed by atoms with Gasteiger partial charge in [-0.2, -0.15) is 18.2 Å². The molecule has 2 aromatic heterocycles. The van der Waals surface area contributed by atoms with Crippen LogP contribution in [-0.2, 0) is 21.1 Å². The first-order chi connectivity index (χ1) is 18.8. The minimum Gasteiger partial charge on any atom is -0.376 e. The number of alkyl halides is 3. The molecule has 1 aliphatic rings. The predicted molar refractivity (Wildman–Crippen MR) is 143 cm³/mol. The average Bonchev–Trinajstić information content (AvgIpc) is 3.58. The van der Waals surface area contributed by atoms with Gasteiger partial charge >= 0.3 is 12.1 Å². The molecule has 0 radical (unpaired) electrons. The minimum atomic E-state index is -4.73. The Morgan fingerprint density at radius 2 is 1.95 bits per heavy atom. The molecule has 1 unspecified atom stereocenters. The fourth-order valence-corrected chi connectivity index (χ4v) is 5.54. The largest absolute Gasteiger partial charge is 0.471 e. The van der Waals surface area contributed by atoms with Gasteiger partial charge in [0.2, 0.25) is 0 Å². The highest BCUT2D eigenvalue weighted by Crippen LogP contribution is 2.43. The van der Waals surface area contributed by atoms with Crippen LogP contribution >= 0.6 is 11.3 Å². The Kier molecular flexibility index (Phi) is 8.41. The number of carbonyl (C=O) groups excluding carboxylic acids is 1. The molecular formula is C28H28F4N4O3S. The Labute approximate surface area is 232 Å². The second kappa shape index (κ2) is 11.5. The number of thiazole rings is 1. The normalized spacial score (nSPS) is 19.6. The second-order valence-corrected chi connectivity index (χ2v) is 11.1. The first kappa shape index (κ1) is 29.3. The quantitative estimate of drug-likeness (QED) is 0.187. The molecule has 7 nitrogen and oxygen atoms in total. The summed E-state index contributed by atoms with van der Waals surface area (Å²) in [7, 11) is 0. The Hall–Kier alpha value is -3.64. The number of allylic oxidation sites excluding steroid dienone is 3. The Morgan fingerprint density at radius 1 is 1.23 bits per heavy atom. The molecule has 1 atom stereocenters. The van der Waals surface area contributed by atoms with Crippen molar-refractivity contribution in [2.75, 3.05) is 13.2 Å².